The van der Waals surface area contributed by atoms with Gasteiger partial charge in [-0.15, -0.1) is 0 Å². The van der Waals surface area contributed by atoms with Crippen molar-refractivity contribution in [3.05, 3.63) is 41.7 Å². The Morgan fingerprint density at radius 1 is 1.42 bits per heavy atom. The fourth-order valence-corrected chi connectivity index (χ4v) is 1.82. The highest BCUT2D eigenvalue weighted by Crippen LogP contribution is 2.21. The molecule has 2 aromatic rings. The summed E-state index contributed by atoms with van der Waals surface area (Å²) < 4.78 is 6.94. The van der Waals surface area contributed by atoms with Crippen LogP contribution in [0.5, 0.6) is 5.75 Å². The number of benzene rings is 1. The van der Waals surface area contributed by atoms with Crippen LogP contribution >= 0.6 is 0 Å². The van der Waals surface area contributed by atoms with Gasteiger partial charge in [0, 0.05) is 32.3 Å². The highest BCUT2D eigenvalue weighted by atomic mass is 16.5. The maximum Gasteiger partial charge on any atom is 0.121 e. The zero-order chi connectivity index (χ0) is 13.7. The molecule has 1 N–H and O–H groups in total. The largest absolute Gasteiger partial charge is 0.497 e. The molecule has 0 bridgehead atoms. The molecule has 0 amide bonds. The van der Waals surface area contributed by atoms with E-state index in [1.807, 2.05) is 25.4 Å². The van der Waals surface area contributed by atoms with Crippen LogP contribution < -0.4 is 10.1 Å². The monoisotopic (exact) mass is 256 g/mol. The molecule has 0 atom stereocenters. The molecule has 5 heteroatoms. The van der Waals surface area contributed by atoms with Crippen molar-refractivity contribution in [2.75, 3.05) is 19.0 Å². The quantitative estimate of drug-likeness (QED) is 0.888. The summed E-state index contributed by atoms with van der Waals surface area (Å²) in [5, 5.41) is 16.6. The molecule has 98 valence electrons. The van der Waals surface area contributed by atoms with E-state index in [2.05, 4.69) is 16.5 Å². The van der Waals surface area contributed by atoms with Crippen molar-refractivity contribution < 1.29 is 4.74 Å². The minimum atomic E-state index is 0.613. The zero-order valence-corrected chi connectivity index (χ0v) is 11.1. The second-order valence-corrected chi connectivity index (χ2v) is 4.18. The summed E-state index contributed by atoms with van der Waals surface area (Å²) in [5.74, 6) is 0.735. The lowest BCUT2D eigenvalue weighted by molar-refractivity contribution is 0.415. The van der Waals surface area contributed by atoms with Gasteiger partial charge in [-0.3, -0.25) is 4.68 Å². The summed E-state index contributed by atoms with van der Waals surface area (Å²) in [6.45, 7) is 0.721. The first kappa shape index (κ1) is 13.0. The Hall–Kier alpha value is -2.48. The maximum atomic E-state index is 9.06. The molecule has 1 aromatic heterocycles. The lowest BCUT2D eigenvalue weighted by Gasteiger charge is -2.09. The van der Waals surface area contributed by atoms with Gasteiger partial charge in [0.1, 0.15) is 11.8 Å². The van der Waals surface area contributed by atoms with E-state index in [1.54, 1.807) is 23.9 Å². The van der Waals surface area contributed by atoms with E-state index in [1.165, 1.54) is 0 Å². The Kier molecular flexibility index (Phi) is 4.04. The number of aromatic nitrogens is 2. The highest BCUT2D eigenvalue weighted by molar-refractivity contribution is 5.60. The molecule has 1 heterocycles. The van der Waals surface area contributed by atoms with Crippen LogP contribution in [0.2, 0.25) is 0 Å². The van der Waals surface area contributed by atoms with Crippen LogP contribution in [0.4, 0.5) is 5.69 Å². The van der Waals surface area contributed by atoms with Crippen LogP contribution in [-0.2, 0) is 13.5 Å². The van der Waals surface area contributed by atoms with Gasteiger partial charge in [0.15, 0.2) is 0 Å². The van der Waals surface area contributed by atoms with Crippen LogP contribution in [0.15, 0.2) is 30.5 Å². The Morgan fingerprint density at radius 2 is 2.26 bits per heavy atom. The fraction of sp³-hybridized carbons (Fsp3) is 0.286. The molecule has 0 aliphatic carbocycles. The molecule has 0 spiro atoms. The topological polar surface area (TPSA) is 62.9 Å². The highest BCUT2D eigenvalue weighted by Gasteiger charge is 2.04. The molecule has 19 heavy (non-hydrogen) atoms. The third kappa shape index (κ3) is 3.26. The van der Waals surface area contributed by atoms with Gasteiger partial charge in [-0.05, 0) is 18.2 Å². The third-order valence-corrected chi connectivity index (χ3v) is 2.81. The first-order valence-corrected chi connectivity index (χ1v) is 6.03. The van der Waals surface area contributed by atoms with Gasteiger partial charge in [-0.1, -0.05) is 0 Å². The average molecular weight is 256 g/mol. The van der Waals surface area contributed by atoms with Gasteiger partial charge in [0.25, 0.3) is 0 Å². The first-order valence-electron chi connectivity index (χ1n) is 6.03. The Balaban J connectivity index is 2.00. The lowest BCUT2D eigenvalue weighted by atomic mass is 10.2. The Morgan fingerprint density at radius 3 is 2.89 bits per heavy atom. The number of hydrogen-bond donors (Lipinski definition) is 1. The average Bonchev–Trinajstić information content (AvgIpc) is 2.84. The van der Waals surface area contributed by atoms with Crippen molar-refractivity contribution in [3.63, 3.8) is 0 Å². The standard InChI is InChI=1S/C14H16N4O/c1-18-8-6-12(17-18)5-7-16-14-9-13(19-2)4-3-11(14)10-15/h3-4,6,8-9,16H,5,7H2,1-2H3. The van der Waals surface area contributed by atoms with Crippen molar-refractivity contribution in [2.45, 2.75) is 6.42 Å². The number of nitrogens with zero attached hydrogens (tertiary/aromatic N) is 3. The number of nitriles is 1. The maximum absolute atomic E-state index is 9.06. The van der Waals surface area contributed by atoms with Gasteiger partial charge < -0.3 is 10.1 Å². The summed E-state index contributed by atoms with van der Waals surface area (Å²) >= 11 is 0. The van der Waals surface area contributed by atoms with Gasteiger partial charge in [0.2, 0.25) is 0 Å². The molecule has 0 saturated heterocycles. The van der Waals surface area contributed by atoms with Crippen LogP contribution in [0.1, 0.15) is 11.3 Å². The zero-order valence-electron chi connectivity index (χ0n) is 11.1. The van der Waals surface area contributed by atoms with Gasteiger partial charge >= 0.3 is 0 Å². The molecule has 5 nitrogen and oxygen atoms in total. The third-order valence-electron chi connectivity index (χ3n) is 2.81. The summed E-state index contributed by atoms with van der Waals surface area (Å²) in [6, 6.07) is 9.51. The summed E-state index contributed by atoms with van der Waals surface area (Å²) in [6.07, 6.45) is 2.73. The minimum Gasteiger partial charge on any atom is -0.497 e. The van der Waals surface area contributed by atoms with E-state index in [9.17, 15) is 0 Å². The lowest BCUT2D eigenvalue weighted by Crippen LogP contribution is -2.07. The first-order chi connectivity index (χ1) is 9.22. The van der Waals surface area contributed by atoms with E-state index in [4.69, 9.17) is 10.00 Å². The van der Waals surface area contributed by atoms with Crippen molar-refractivity contribution >= 4 is 5.69 Å². The summed E-state index contributed by atoms with van der Waals surface area (Å²) in [5.41, 5.74) is 2.43. The smallest absolute Gasteiger partial charge is 0.121 e. The molecule has 0 radical (unpaired) electrons. The summed E-state index contributed by atoms with van der Waals surface area (Å²) in [4.78, 5) is 0. The number of ether oxygens (including phenoxy) is 1. The van der Waals surface area contributed by atoms with E-state index in [-0.39, 0.29) is 0 Å². The van der Waals surface area contributed by atoms with E-state index in [0.717, 1.165) is 30.1 Å². The van der Waals surface area contributed by atoms with E-state index < -0.39 is 0 Å². The number of anilines is 1. The van der Waals surface area contributed by atoms with Crippen molar-refractivity contribution in [1.82, 2.24) is 9.78 Å². The molecule has 1 aromatic carbocycles. The Bertz CT molecular complexity index is 598. The van der Waals surface area contributed by atoms with Crippen LogP contribution in [0.3, 0.4) is 0 Å². The molecular weight excluding hydrogens is 240 g/mol. The minimum absolute atomic E-state index is 0.613. The van der Waals surface area contributed by atoms with Gasteiger partial charge in [-0.2, -0.15) is 10.4 Å². The number of rotatable bonds is 5. The van der Waals surface area contributed by atoms with Gasteiger partial charge in [-0.25, -0.2) is 0 Å². The molecule has 2 rings (SSSR count). The molecular formula is C14H16N4O. The van der Waals surface area contributed by atoms with Crippen molar-refractivity contribution in [3.8, 4) is 11.8 Å². The second kappa shape index (κ2) is 5.91. The Labute approximate surface area is 112 Å². The predicted octanol–water partition coefficient (Wildman–Crippen LogP) is 1.95. The number of methoxy groups -OCH3 is 1. The molecule has 0 aliphatic heterocycles. The van der Waals surface area contributed by atoms with E-state index >= 15 is 0 Å². The SMILES string of the molecule is COc1ccc(C#N)c(NCCc2ccn(C)n2)c1. The predicted molar refractivity (Wildman–Crippen MR) is 73.1 cm³/mol. The number of aryl methyl sites for hydroxylation is 1. The second-order valence-electron chi connectivity index (χ2n) is 4.18. The van der Waals surface area contributed by atoms with Crippen LogP contribution in [-0.4, -0.2) is 23.4 Å². The van der Waals surface area contributed by atoms with Crippen LogP contribution in [0.25, 0.3) is 0 Å². The summed E-state index contributed by atoms with van der Waals surface area (Å²) in [7, 11) is 3.51. The van der Waals surface area contributed by atoms with E-state index in [0.29, 0.717) is 5.56 Å². The molecule has 0 unspecified atom stereocenters. The number of nitrogens with one attached hydrogen (secondary N) is 1. The number of hydrogen-bond acceptors (Lipinski definition) is 4. The van der Waals surface area contributed by atoms with Crippen molar-refractivity contribution in [2.24, 2.45) is 7.05 Å². The molecule has 0 saturated carbocycles. The molecule has 0 fully saturated rings. The molecule has 0 aliphatic rings. The van der Waals surface area contributed by atoms with Crippen molar-refractivity contribution in [1.29, 1.82) is 5.26 Å². The van der Waals surface area contributed by atoms with Crippen LogP contribution in [0, 0.1) is 11.3 Å². The van der Waals surface area contributed by atoms with Gasteiger partial charge in [0.05, 0.1) is 24.1 Å². The fourth-order valence-electron chi connectivity index (χ4n) is 1.82. The normalized spacial score (nSPS) is 9.95.